The number of hydrogen-bond acceptors (Lipinski definition) is 6. The summed E-state index contributed by atoms with van der Waals surface area (Å²) >= 11 is 0. The molecule has 0 bridgehead atoms. The van der Waals surface area contributed by atoms with Gasteiger partial charge in [0.2, 0.25) is 0 Å². The third kappa shape index (κ3) is 34.0. The number of rotatable bonds is 40. The fraction of sp³-hybridized carbons (Fsp3) is 0.778. The molecule has 346 valence electrons. The molecule has 0 N–H and O–H groups in total. The number of allylic oxidation sites excluding steroid dienone is 10. The Kier molecular flexibility index (Phi) is 38.5. The highest BCUT2D eigenvalue weighted by Crippen LogP contribution is 2.39. The summed E-state index contributed by atoms with van der Waals surface area (Å²) in [6.07, 6.45) is 57.4. The van der Waals surface area contributed by atoms with Gasteiger partial charge in [-0.05, 0) is 136 Å². The molecule has 0 aromatic rings. The van der Waals surface area contributed by atoms with Crippen LogP contribution in [-0.4, -0.2) is 56.5 Å². The van der Waals surface area contributed by atoms with Crippen molar-refractivity contribution in [2.75, 3.05) is 27.2 Å². The Morgan fingerprint density at radius 3 is 1.55 bits per heavy atom. The number of ether oxygens (including phenoxy) is 3. The maximum atomic E-state index is 13.6. The lowest BCUT2D eigenvalue weighted by molar-refractivity contribution is -0.151. The van der Waals surface area contributed by atoms with E-state index in [1.54, 1.807) is 0 Å². The zero-order valence-electron chi connectivity index (χ0n) is 39.9. The predicted molar refractivity (Wildman–Crippen MR) is 257 cm³/mol. The molecule has 3 unspecified atom stereocenters. The highest BCUT2D eigenvalue weighted by Gasteiger charge is 2.39. The van der Waals surface area contributed by atoms with Gasteiger partial charge in [-0.2, -0.15) is 0 Å². The van der Waals surface area contributed by atoms with Gasteiger partial charge in [-0.15, -0.1) is 0 Å². The van der Waals surface area contributed by atoms with Gasteiger partial charge in [0.25, 0.3) is 0 Å². The lowest BCUT2D eigenvalue weighted by Gasteiger charge is -2.24. The van der Waals surface area contributed by atoms with Crippen LogP contribution in [0, 0.1) is 11.8 Å². The number of carbonyl (C=O) groups is 2. The largest absolute Gasteiger partial charge is 0.508 e. The molecule has 1 aliphatic carbocycles. The number of nitrogens with zero attached hydrogens (tertiary/aromatic N) is 1. The van der Waals surface area contributed by atoms with E-state index in [-0.39, 0.29) is 30.0 Å². The van der Waals surface area contributed by atoms with Crippen molar-refractivity contribution in [3.63, 3.8) is 0 Å². The Bertz CT molecular complexity index is 1090. The summed E-state index contributed by atoms with van der Waals surface area (Å²) in [5.41, 5.74) is 0. The van der Waals surface area contributed by atoms with E-state index in [0.717, 1.165) is 64.2 Å². The molecular weight excluding hydrogens is 743 g/mol. The van der Waals surface area contributed by atoms with Crippen LogP contribution >= 0.6 is 0 Å². The maximum absolute atomic E-state index is 13.6. The first-order valence-corrected chi connectivity index (χ1v) is 25.3. The fourth-order valence-electron chi connectivity index (χ4n) is 8.17. The van der Waals surface area contributed by atoms with Gasteiger partial charge in [0, 0.05) is 18.9 Å². The van der Waals surface area contributed by atoms with E-state index in [1.165, 1.54) is 128 Å². The molecule has 0 heterocycles. The van der Waals surface area contributed by atoms with Crippen LogP contribution in [0.15, 0.2) is 60.8 Å². The van der Waals surface area contributed by atoms with Gasteiger partial charge in [0.05, 0.1) is 0 Å². The Morgan fingerprint density at radius 1 is 0.583 bits per heavy atom. The minimum atomic E-state index is -0.601. The first kappa shape index (κ1) is 55.4. The Hall–Kier alpha value is -2.60. The second kappa shape index (κ2) is 41.7. The molecule has 6 nitrogen and oxygen atoms in total. The number of likely N-dealkylation sites (N-methyl/N-ethyl adjacent to an activating group) is 1. The highest BCUT2D eigenvalue weighted by atomic mass is 16.7. The summed E-state index contributed by atoms with van der Waals surface area (Å²) in [4.78, 5) is 28.1. The highest BCUT2D eigenvalue weighted by molar-refractivity contribution is 5.70. The van der Waals surface area contributed by atoms with Crippen LogP contribution in [0.3, 0.4) is 0 Å². The standard InChI is InChI=1S/C54H95NO5/c1-6-9-12-14-16-18-20-22-24-26-28-30-32-34-36-39-41-50(42-40-37-35-33-31-29-27-25-23-21-19-17-15-13-10-7-2)59-53(56)48-49-44-45-52(51(49)43-38-11-8-3)60-54(57)58-47-46-55(4)5/h11,16-19,22-25,38,49-52H,6-10,12-15,20-21,26-37,39-48H2,1-5H3/b18-16-,19-17-,24-22-,25-23-,38-11-. The zero-order valence-corrected chi connectivity index (χ0v) is 39.9. The van der Waals surface area contributed by atoms with Gasteiger partial charge in [-0.25, -0.2) is 4.79 Å². The van der Waals surface area contributed by atoms with Gasteiger partial charge in [-0.1, -0.05) is 159 Å². The molecule has 0 aliphatic heterocycles. The molecule has 1 aliphatic rings. The molecule has 0 spiro atoms. The Balaban J connectivity index is 2.55. The fourth-order valence-corrected chi connectivity index (χ4v) is 8.17. The van der Waals surface area contributed by atoms with Crippen LogP contribution in [0.5, 0.6) is 0 Å². The summed E-state index contributed by atoms with van der Waals surface area (Å²) in [5.74, 6) is 0.159. The molecule has 0 radical (unpaired) electrons. The van der Waals surface area contributed by atoms with E-state index < -0.39 is 6.16 Å². The van der Waals surface area contributed by atoms with Crippen LogP contribution in [0.1, 0.15) is 220 Å². The molecule has 0 aromatic heterocycles. The van der Waals surface area contributed by atoms with Gasteiger partial charge < -0.3 is 19.1 Å². The summed E-state index contributed by atoms with van der Waals surface area (Å²) in [5, 5.41) is 0. The molecular formula is C54H95NO5. The lowest BCUT2D eigenvalue weighted by Crippen LogP contribution is -2.28. The first-order valence-electron chi connectivity index (χ1n) is 25.3. The average molecular weight is 838 g/mol. The minimum absolute atomic E-state index is 0.00674. The smallest absolute Gasteiger partial charge is 0.462 e. The summed E-state index contributed by atoms with van der Waals surface area (Å²) in [6.45, 7) is 7.60. The zero-order chi connectivity index (χ0) is 43.6. The van der Waals surface area contributed by atoms with E-state index in [0.29, 0.717) is 19.6 Å². The van der Waals surface area contributed by atoms with E-state index in [4.69, 9.17) is 14.2 Å². The molecule has 3 atom stereocenters. The monoisotopic (exact) mass is 838 g/mol. The van der Waals surface area contributed by atoms with Gasteiger partial charge in [0.1, 0.15) is 18.8 Å². The van der Waals surface area contributed by atoms with Crippen LogP contribution in [0.25, 0.3) is 0 Å². The van der Waals surface area contributed by atoms with Crippen LogP contribution < -0.4 is 0 Å². The Morgan fingerprint density at radius 2 is 1.07 bits per heavy atom. The van der Waals surface area contributed by atoms with Gasteiger partial charge >= 0.3 is 12.1 Å². The molecule has 1 saturated carbocycles. The molecule has 0 saturated heterocycles. The SMILES string of the molecule is CC/C=C\CC1C(CC(=O)OC(CCCCCCCC/C=C\C/C=C\CCCCC)CCCCCCCC/C=C\C/C=C\CCCCC)CCC1OC(=O)OCCN(C)C. The summed E-state index contributed by atoms with van der Waals surface area (Å²) < 4.78 is 17.5. The first-order chi connectivity index (χ1) is 29.4. The lowest BCUT2D eigenvalue weighted by atomic mass is 9.88. The Labute approximate surface area is 371 Å². The van der Waals surface area contributed by atoms with Gasteiger partial charge in [0.15, 0.2) is 0 Å². The third-order valence-corrected chi connectivity index (χ3v) is 11.9. The van der Waals surface area contributed by atoms with Crippen molar-refractivity contribution in [3.8, 4) is 0 Å². The molecule has 1 fully saturated rings. The normalized spacial score (nSPS) is 17.3. The van der Waals surface area contributed by atoms with E-state index in [2.05, 4.69) is 81.5 Å². The molecule has 60 heavy (non-hydrogen) atoms. The molecule has 0 amide bonds. The quantitative estimate of drug-likeness (QED) is 0.0348. The third-order valence-electron chi connectivity index (χ3n) is 11.9. The minimum Gasteiger partial charge on any atom is -0.462 e. The van der Waals surface area contributed by atoms with E-state index in [9.17, 15) is 9.59 Å². The topological polar surface area (TPSA) is 65.1 Å². The second-order valence-electron chi connectivity index (χ2n) is 17.7. The van der Waals surface area contributed by atoms with E-state index in [1.807, 2.05) is 19.0 Å². The van der Waals surface area contributed by atoms with E-state index >= 15 is 0 Å². The summed E-state index contributed by atoms with van der Waals surface area (Å²) in [7, 11) is 3.90. The van der Waals surface area contributed by atoms with Crippen molar-refractivity contribution in [1.82, 2.24) is 4.90 Å². The summed E-state index contributed by atoms with van der Waals surface area (Å²) in [6, 6.07) is 0. The number of hydrogen-bond donors (Lipinski definition) is 0. The number of carbonyl (C=O) groups excluding carboxylic acids is 2. The van der Waals surface area contributed by atoms with Crippen molar-refractivity contribution >= 4 is 12.1 Å². The van der Waals surface area contributed by atoms with Crippen LogP contribution in [0.4, 0.5) is 4.79 Å². The van der Waals surface area contributed by atoms with Gasteiger partial charge in [-0.3, -0.25) is 4.79 Å². The van der Waals surface area contributed by atoms with Crippen molar-refractivity contribution < 1.29 is 23.8 Å². The van der Waals surface area contributed by atoms with Crippen molar-refractivity contribution in [1.29, 1.82) is 0 Å². The van der Waals surface area contributed by atoms with Crippen LogP contribution in [-0.2, 0) is 19.0 Å². The number of unbranched alkanes of at least 4 members (excludes halogenated alkanes) is 18. The number of esters is 1. The molecule has 6 heteroatoms. The maximum Gasteiger partial charge on any atom is 0.508 e. The van der Waals surface area contributed by atoms with Crippen molar-refractivity contribution in [3.05, 3.63) is 60.8 Å². The van der Waals surface area contributed by atoms with Crippen LogP contribution in [0.2, 0.25) is 0 Å². The van der Waals surface area contributed by atoms with Crippen molar-refractivity contribution in [2.45, 2.75) is 232 Å². The molecule has 0 aromatic carbocycles. The predicted octanol–water partition coefficient (Wildman–Crippen LogP) is 16.2. The second-order valence-corrected chi connectivity index (χ2v) is 17.7. The van der Waals surface area contributed by atoms with Crippen molar-refractivity contribution in [2.24, 2.45) is 11.8 Å². The average Bonchev–Trinajstić information content (AvgIpc) is 3.59. The molecule has 1 rings (SSSR count).